The molecule has 3 heteroatoms. The molecule has 24 heavy (non-hydrogen) atoms. The Morgan fingerprint density at radius 3 is 2.00 bits per heavy atom. The molecule has 1 aliphatic heterocycles. The van der Waals surface area contributed by atoms with Gasteiger partial charge in [-0.3, -0.25) is 0 Å². The molecule has 1 fully saturated rings. The predicted molar refractivity (Wildman–Crippen MR) is 105 cm³/mol. The van der Waals surface area contributed by atoms with Crippen LogP contribution in [0.2, 0.25) is 16.1 Å². The highest BCUT2D eigenvalue weighted by Gasteiger charge is 2.61. The first-order valence-corrected chi connectivity index (χ1v) is 11.1. The minimum Gasteiger partial charge on any atom is -0.406 e. The van der Waals surface area contributed by atoms with Gasteiger partial charge in [0.1, 0.15) is 0 Å². The maximum Gasteiger partial charge on any atom is 0.205 e. The van der Waals surface area contributed by atoms with E-state index in [0.29, 0.717) is 0 Å². The molecule has 0 aliphatic carbocycles. The molecule has 2 rings (SSSR count). The van der Waals surface area contributed by atoms with Crippen molar-refractivity contribution in [2.24, 2.45) is 5.92 Å². The van der Waals surface area contributed by atoms with Crippen LogP contribution >= 0.6 is 0 Å². The largest absolute Gasteiger partial charge is 0.406 e. The van der Waals surface area contributed by atoms with Gasteiger partial charge in [-0.15, -0.1) is 0 Å². The Kier molecular flexibility index (Phi) is 5.21. The minimum atomic E-state index is -2.22. The van der Waals surface area contributed by atoms with Crippen LogP contribution < -0.4 is 0 Å². The molecule has 0 spiro atoms. The summed E-state index contributed by atoms with van der Waals surface area (Å²) in [6, 6.07) is 11.1. The molecule has 2 nitrogen and oxygen atoms in total. The zero-order chi connectivity index (χ0) is 18.3. The first-order chi connectivity index (χ1) is 10.9. The van der Waals surface area contributed by atoms with Gasteiger partial charge in [-0.05, 0) is 28.6 Å². The van der Waals surface area contributed by atoms with Crippen molar-refractivity contribution in [3.63, 3.8) is 0 Å². The molecule has 1 aromatic rings. The van der Waals surface area contributed by atoms with E-state index >= 15 is 0 Å². The lowest BCUT2D eigenvalue weighted by atomic mass is 9.90. The van der Waals surface area contributed by atoms with E-state index in [1.54, 1.807) is 0 Å². The van der Waals surface area contributed by atoms with E-state index in [1.165, 1.54) is 0 Å². The number of aliphatic hydroxyl groups is 1. The smallest absolute Gasteiger partial charge is 0.205 e. The second-order valence-corrected chi connectivity index (χ2v) is 14.7. The molecule has 1 aliphatic rings. The van der Waals surface area contributed by atoms with Crippen LogP contribution in [0.1, 0.15) is 60.1 Å². The number of aliphatic hydroxyl groups excluding tert-OH is 1. The Labute approximate surface area is 149 Å². The Bertz CT molecular complexity index is 566. The van der Waals surface area contributed by atoms with Crippen molar-refractivity contribution in [3.8, 4) is 0 Å². The van der Waals surface area contributed by atoms with Crippen LogP contribution in [-0.4, -0.2) is 19.5 Å². The summed E-state index contributed by atoms with van der Waals surface area (Å²) in [6.45, 7) is 20.1. The monoisotopic (exact) mass is 346 g/mol. The fourth-order valence-corrected chi connectivity index (χ4v) is 10.6. The summed E-state index contributed by atoms with van der Waals surface area (Å²) in [5.74, 6) is 0.0917. The average Bonchev–Trinajstić information content (AvgIpc) is 2.45. The fourth-order valence-electron chi connectivity index (χ4n) is 4.44. The summed E-state index contributed by atoms with van der Waals surface area (Å²) >= 11 is 0. The molecule has 0 bridgehead atoms. The SMILES string of the molecule is C=C(C)C1C[Si](C(C)(C)C)(C(C)(C)C)O[C@@H](c2ccccc2)[C@H]1O. The van der Waals surface area contributed by atoms with Gasteiger partial charge in [-0.2, -0.15) is 0 Å². The van der Waals surface area contributed by atoms with Crippen LogP contribution in [0.25, 0.3) is 0 Å². The summed E-state index contributed by atoms with van der Waals surface area (Å²) in [5, 5.41) is 11.2. The third-order valence-electron chi connectivity index (χ3n) is 5.74. The molecule has 0 amide bonds. The minimum absolute atomic E-state index is 0.0755. The average molecular weight is 347 g/mol. The second-order valence-electron chi connectivity index (χ2n) is 9.42. The molecule has 1 aromatic carbocycles. The number of rotatable bonds is 2. The topological polar surface area (TPSA) is 29.5 Å². The number of benzene rings is 1. The summed E-state index contributed by atoms with van der Waals surface area (Å²) in [5.41, 5.74) is 2.14. The lowest BCUT2D eigenvalue weighted by Gasteiger charge is -2.58. The van der Waals surface area contributed by atoms with E-state index in [4.69, 9.17) is 4.43 Å². The molecule has 1 heterocycles. The lowest BCUT2D eigenvalue weighted by Crippen LogP contribution is -2.61. The third kappa shape index (κ3) is 3.26. The molecule has 134 valence electrons. The van der Waals surface area contributed by atoms with Gasteiger partial charge in [0.25, 0.3) is 0 Å². The van der Waals surface area contributed by atoms with E-state index in [9.17, 15) is 5.11 Å². The molecular weight excluding hydrogens is 312 g/mol. The van der Waals surface area contributed by atoms with Gasteiger partial charge in [0, 0.05) is 5.92 Å². The fraction of sp³-hybridized carbons (Fsp3) is 0.619. The van der Waals surface area contributed by atoms with Gasteiger partial charge < -0.3 is 9.53 Å². The van der Waals surface area contributed by atoms with Crippen molar-refractivity contribution < 1.29 is 9.53 Å². The number of hydrogen-bond donors (Lipinski definition) is 1. The Morgan fingerprint density at radius 2 is 1.58 bits per heavy atom. The van der Waals surface area contributed by atoms with Gasteiger partial charge in [0.05, 0.1) is 12.2 Å². The zero-order valence-electron chi connectivity index (χ0n) is 16.4. The second kappa shape index (κ2) is 6.43. The first kappa shape index (κ1) is 19.4. The molecule has 0 saturated carbocycles. The van der Waals surface area contributed by atoms with Crippen molar-refractivity contribution in [1.29, 1.82) is 0 Å². The Balaban J connectivity index is 2.60. The molecule has 0 aromatic heterocycles. The van der Waals surface area contributed by atoms with Crippen molar-refractivity contribution in [1.82, 2.24) is 0 Å². The van der Waals surface area contributed by atoms with Crippen molar-refractivity contribution in [2.75, 3.05) is 0 Å². The lowest BCUT2D eigenvalue weighted by molar-refractivity contribution is -0.0249. The van der Waals surface area contributed by atoms with Gasteiger partial charge in [0.2, 0.25) is 8.32 Å². The van der Waals surface area contributed by atoms with Gasteiger partial charge in [-0.1, -0.05) is 84.0 Å². The highest BCUT2D eigenvalue weighted by molar-refractivity contribution is 6.79. The molecule has 1 N–H and O–H groups in total. The van der Waals surface area contributed by atoms with Gasteiger partial charge in [0.15, 0.2) is 0 Å². The van der Waals surface area contributed by atoms with Crippen molar-refractivity contribution in [3.05, 3.63) is 48.0 Å². The Morgan fingerprint density at radius 1 is 1.08 bits per heavy atom. The molecule has 3 atom stereocenters. The van der Waals surface area contributed by atoms with Gasteiger partial charge in [-0.25, -0.2) is 0 Å². The predicted octanol–water partition coefficient (Wildman–Crippen LogP) is 5.86. The van der Waals surface area contributed by atoms with Crippen molar-refractivity contribution >= 4 is 8.32 Å². The highest BCUT2D eigenvalue weighted by Crippen LogP contribution is 2.60. The van der Waals surface area contributed by atoms with Crippen LogP contribution in [0.5, 0.6) is 0 Å². The van der Waals surface area contributed by atoms with Crippen LogP contribution in [0.15, 0.2) is 42.5 Å². The van der Waals surface area contributed by atoms with Crippen LogP contribution in [0.4, 0.5) is 0 Å². The normalized spacial score (nSPS) is 27.8. The quantitative estimate of drug-likeness (QED) is 0.537. The van der Waals surface area contributed by atoms with Crippen LogP contribution in [-0.2, 0) is 4.43 Å². The Hall–Kier alpha value is -0.903. The summed E-state index contributed by atoms with van der Waals surface area (Å²) in [6.07, 6.45) is -0.804. The van der Waals surface area contributed by atoms with E-state index in [-0.39, 0.29) is 22.1 Å². The third-order valence-corrected chi connectivity index (χ3v) is 12.3. The summed E-state index contributed by atoms with van der Waals surface area (Å²) < 4.78 is 6.93. The maximum atomic E-state index is 11.1. The summed E-state index contributed by atoms with van der Waals surface area (Å²) in [7, 11) is -2.22. The molecular formula is C21H34O2Si. The van der Waals surface area contributed by atoms with E-state index in [1.807, 2.05) is 25.1 Å². The molecule has 1 saturated heterocycles. The standard InChI is InChI=1S/C21H34O2Si/c1-15(2)17-14-24(20(3,4)5,21(6,7)8)23-19(18(17)22)16-12-10-9-11-13-16/h9-13,17-19,22H,1,14H2,2-8H3/t17?,18-,19-/m0/s1. The number of hydrogen-bond acceptors (Lipinski definition) is 2. The van der Waals surface area contributed by atoms with Gasteiger partial charge >= 0.3 is 0 Å². The summed E-state index contributed by atoms with van der Waals surface area (Å²) in [4.78, 5) is 0. The maximum absolute atomic E-state index is 11.1. The van der Waals surface area contributed by atoms with Crippen LogP contribution in [0, 0.1) is 5.92 Å². The van der Waals surface area contributed by atoms with Crippen molar-refractivity contribution in [2.45, 2.75) is 76.8 Å². The first-order valence-electron chi connectivity index (χ1n) is 8.97. The van der Waals surface area contributed by atoms with E-state index in [2.05, 4.69) is 60.3 Å². The molecule has 0 radical (unpaired) electrons. The highest BCUT2D eigenvalue weighted by atomic mass is 28.4. The van der Waals surface area contributed by atoms with E-state index in [0.717, 1.165) is 17.2 Å². The van der Waals surface area contributed by atoms with E-state index < -0.39 is 14.4 Å². The molecule has 1 unspecified atom stereocenters. The zero-order valence-corrected chi connectivity index (χ0v) is 17.4. The van der Waals surface area contributed by atoms with Crippen LogP contribution in [0.3, 0.4) is 0 Å².